The van der Waals surface area contributed by atoms with Crippen LogP contribution < -0.4 is 11.1 Å². The summed E-state index contributed by atoms with van der Waals surface area (Å²) in [6.07, 6.45) is 10.4. The van der Waals surface area contributed by atoms with Crippen LogP contribution in [0.15, 0.2) is 54.2 Å². The number of allylic oxidation sites excluding steroid dienone is 5. The van der Waals surface area contributed by atoms with Crippen LogP contribution in [0.25, 0.3) is 0 Å². The zero-order valence-corrected chi connectivity index (χ0v) is 20.4. The van der Waals surface area contributed by atoms with Gasteiger partial charge in [-0.25, -0.2) is 4.39 Å². The number of nitrogens with two attached hydrogens (primary N) is 1. The fourth-order valence-electron chi connectivity index (χ4n) is 2.74. The van der Waals surface area contributed by atoms with E-state index in [1.165, 1.54) is 5.57 Å². The highest BCUT2D eigenvalue weighted by Crippen LogP contribution is 2.30. The molecule has 4 nitrogen and oxygen atoms in total. The van der Waals surface area contributed by atoms with Gasteiger partial charge < -0.3 is 15.8 Å². The molecule has 2 rings (SSSR count). The number of hydrogen-bond donors (Lipinski definition) is 2. The van der Waals surface area contributed by atoms with E-state index in [9.17, 15) is 9.18 Å². The molecule has 1 aliphatic carbocycles. The topological polar surface area (TPSA) is 64.3 Å². The van der Waals surface area contributed by atoms with Crippen molar-refractivity contribution >= 4 is 24.2 Å². The highest BCUT2D eigenvalue weighted by Gasteiger charge is 2.20. The van der Waals surface area contributed by atoms with Crippen LogP contribution in [0.2, 0.25) is 0 Å². The van der Waals surface area contributed by atoms with Crippen LogP contribution in [0, 0.1) is 5.82 Å². The predicted octanol–water partition coefficient (Wildman–Crippen LogP) is 5.98. The van der Waals surface area contributed by atoms with Crippen LogP contribution in [0.1, 0.15) is 64.1 Å². The molecule has 0 saturated carbocycles. The molecule has 1 aromatic rings. The Morgan fingerprint density at radius 3 is 2.52 bits per heavy atom. The molecule has 0 aromatic heterocycles. The van der Waals surface area contributed by atoms with Crippen molar-refractivity contribution in [3.8, 4) is 0 Å². The number of benzene rings is 1. The first-order valence-corrected chi connectivity index (χ1v) is 10.9. The Morgan fingerprint density at radius 1 is 1.42 bits per heavy atom. The molecule has 0 saturated heterocycles. The zero-order valence-electron chi connectivity index (χ0n) is 19.6. The molecule has 0 amide bonds. The predicted molar refractivity (Wildman–Crippen MR) is 135 cm³/mol. The summed E-state index contributed by atoms with van der Waals surface area (Å²) in [5.41, 5.74) is 10.2. The third-order valence-electron chi connectivity index (χ3n) is 4.37. The summed E-state index contributed by atoms with van der Waals surface area (Å²) in [5.74, 6) is -0.0440. The summed E-state index contributed by atoms with van der Waals surface area (Å²) in [7, 11) is 1.94. The Hall–Kier alpha value is -2.31. The van der Waals surface area contributed by atoms with Gasteiger partial charge in [0.15, 0.2) is 0 Å². The minimum Gasteiger partial charge on any atom is -0.468 e. The summed E-state index contributed by atoms with van der Waals surface area (Å²) in [5, 5.41) is 3.22. The van der Waals surface area contributed by atoms with E-state index < -0.39 is 0 Å². The fourth-order valence-corrected chi connectivity index (χ4v) is 2.74. The smallest absolute Gasteiger partial charge is 0.293 e. The summed E-state index contributed by atoms with van der Waals surface area (Å²) in [4.78, 5) is 9.18. The van der Waals surface area contributed by atoms with Gasteiger partial charge in [0, 0.05) is 6.04 Å². The van der Waals surface area contributed by atoms with Gasteiger partial charge in [0.25, 0.3) is 6.47 Å². The molecule has 1 aromatic carbocycles. The second-order valence-corrected chi connectivity index (χ2v) is 7.09. The number of carbonyl (C=O) groups excluding carboxylic acids is 1. The van der Waals surface area contributed by atoms with E-state index in [1.807, 2.05) is 26.1 Å². The molecule has 0 fully saturated rings. The number of hydrogen-bond acceptors (Lipinski definition) is 4. The summed E-state index contributed by atoms with van der Waals surface area (Å²) in [6, 6.07) is 5.72. The van der Waals surface area contributed by atoms with Crippen molar-refractivity contribution in [2.45, 2.75) is 59.4 Å². The Morgan fingerprint density at radius 2 is 2.06 bits per heavy atom. The first-order chi connectivity index (χ1) is 14.8. The summed E-state index contributed by atoms with van der Waals surface area (Å²) >= 11 is 4.05. The molecule has 0 heterocycles. The standard InChI is InChI=1S/C11H14FN.C10H16.C3H6O2.CH3NS/c1-13-11-7-3-4-8-9(11)5-2-6-10(8)12;1-5-10(4)8-6-7-9(2)3;1-2-5-3-4;2-1-3/h2,5-6,11,13H,3-4,7H2,1H3;5-7H,2,8H2,1,3-4H3;3H,2H2,1H3;1H,(H2,2,3)/b;7-6-,10-5-;;. The zero-order chi connectivity index (χ0) is 24.1. The minimum absolute atomic E-state index is 0.0440. The van der Waals surface area contributed by atoms with Gasteiger partial charge >= 0.3 is 0 Å². The summed E-state index contributed by atoms with van der Waals surface area (Å²) < 4.78 is 17.5. The number of ether oxygens (including phenoxy) is 1. The molecule has 3 N–H and O–H groups in total. The molecule has 0 spiro atoms. The first kappa shape index (κ1) is 30.9. The van der Waals surface area contributed by atoms with Crippen molar-refractivity contribution in [2.24, 2.45) is 5.73 Å². The quantitative estimate of drug-likeness (QED) is 0.242. The molecule has 0 bridgehead atoms. The maximum atomic E-state index is 13.4. The van der Waals surface area contributed by atoms with Gasteiger partial charge in [0.05, 0.1) is 12.1 Å². The SMILES string of the molecule is C=C(C)/C=C\C/C(C)=C\C.CCOC=O.CNC1CCCc2c(F)cccc21.NC=S. The Kier molecular flexibility index (Phi) is 20.9. The molecule has 0 aliphatic heterocycles. The van der Waals surface area contributed by atoms with Gasteiger partial charge in [-0.3, -0.25) is 4.79 Å². The monoisotopic (exact) mass is 450 g/mol. The fraction of sp³-hybridized carbons (Fsp3) is 0.440. The minimum atomic E-state index is -0.0440. The van der Waals surface area contributed by atoms with E-state index in [4.69, 9.17) is 0 Å². The second-order valence-electron chi connectivity index (χ2n) is 6.82. The van der Waals surface area contributed by atoms with Crippen LogP contribution in [-0.2, 0) is 16.0 Å². The molecule has 1 aliphatic rings. The lowest BCUT2D eigenvalue weighted by atomic mass is 9.87. The third kappa shape index (κ3) is 16.1. The van der Waals surface area contributed by atoms with E-state index in [0.29, 0.717) is 19.1 Å². The van der Waals surface area contributed by atoms with Gasteiger partial charge in [-0.1, -0.05) is 60.3 Å². The Bertz CT molecular complexity index is 703. The van der Waals surface area contributed by atoms with Crippen molar-refractivity contribution in [3.05, 3.63) is 71.1 Å². The lowest BCUT2D eigenvalue weighted by molar-refractivity contribution is -0.128. The van der Waals surface area contributed by atoms with E-state index >= 15 is 0 Å². The maximum Gasteiger partial charge on any atom is 0.293 e. The molecule has 6 heteroatoms. The van der Waals surface area contributed by atoms with Gasteiger partial charge in [-0.2, -0.15) is 0 Å². The van der Waals surface area contributed by atoms with Gasteiger partial charge in [-0.05, 0) is 77.6 Å². The molecular formula is C25H39FN2O2S. The Labute approximate surface area is 193 Å². The number of fused-ring (bicyclic) bond motifs is 1. The maximum absolute atomic E-state index is 13.4. The molecule has 0 radical (unpaired) electrons. The van der Waals surface area contributed by atoms with Crippen LogP contribution in [0.4, 0.5) is 4.39 Å². The van der Waals surface area contributed by atoms with Crippen molar-refractivity contribution < 1.29 is 13.9 Å². The number of nitrogens with one attached hydrogen (secondary N) is 1. The average molecular weight is 451 g/mol. The van der Waals surface area contributed by atoms with Gasteiger partial charge in [-0.15, -0.1) is 0 Å². The molecule has 174 valence electrons. The number of carbonyl (C=O) groups is 1. The van der Waals surface area contributed by atoms with Crippen molar-refractivity contribution in [3.63, 3.8) is 0 Å². The first-order valence-electron chi connectivity index (χ1n) is 10.4. The lowest BCUT2D eigenvalue weighted by Gasteiger charge is -2.25. The highest BCUT2D eigenvalue weighted by atomic mass is 32.1. The van der Waals surface area contributed by atoms with E-state index in [-0.39, 0.29) is 5.82 Å². The number of thiocarbonyl (C=S) groups is 1. The van der Waals surface area contributed by atoms with Crippen molar-refractivity contribution in [1.29, 1.82) is 0 Å². The van der Waals surface area contributed by atoms with Gasteiger partial charge in [0.1, 0.15) is 5.82 Å². The largest absolute Gasteiger partial charge is 0.468 e. The highest BCUT2D eigenvalue weighted by molar-refractivity contribution is 7.78. The second kappa shape index (κ2) is 20.9. The van der Waals surface area contributed by atoms with Crippen LogP contribution in [0.5, 0.6) is 0 Å². The van der Waals surface area contributed by atoms with E-state index in [2.05, 4.69) is 60.6 Å². The van der Waals surface area contributed by atoms with Crippen LogP contribution in [0.3, 0.4) is 0 Å². The van der Waals surface area contributed by atoms with E-state index in [1.54, 1.807) is 19.1 Å². The molecule has 1 unspecified atom stereocenters. The lowest BCUT2D eigenvalue weighted by Crippen LogP contribution is -2.22. The normalized spacial score (nSPS) is 14.4. The molecular weight excluding hydrogens is 411 g/mol. The van der Waals surface area contributed by atoms with E-state index in [0.717, 1.165) is 47.9 Å². The Balaban J connectivity index is 0. The van der Waals surface area contributed by atoms with Crippen molar-refractivity contribution in [2.75, 3.05) is 13.7 Å². The molecule has 1 atom stereocenters. The average Bonchev–Trinajstić information content (AvgIpc) is 2.75. The van der Waals surface area contributed by atoms with Crippen LogP contribution in [-0.4, -0.2) is 25.6 Å². The molecule has 31 heavy (non-hydrogen) atoms. The third-order valence-corrected chi connectivity index (χ3v) is 4.37. The summed E-state index contributed by atoms with van der Waals surface area (Å²) in [6.45, 7) is 12.6. The number of halogens is 1. The van der Waals surface area contributed by atoms with Crippen LogP contribution >= 0.6 is 12.2 Å². The van der Waals surface area contributed by atoms with Crippen molar-refractivity contribution in [1.82, 2.24) is 5.32 Å². The van der Waals surface area contributed by atoms with Gasteiger partial charge in [0.2, 0.25) is 0 Å². The number of rotatable bonds is 6.